The van der Waals surface area contributed by atoms with Gasteiger partial charge in [0.05, 0.1) is 4.90 Å². The summed E-state index contributed by atoms with van der Waals surface area (Å²) in [5.41, 5.74) is 0.443. The molecule has 1 saturated carbocycles. The summed E-state index contributed by atoms with van der Waals surface area (Å²) >= 11 is 0. The van der Waals surface area contributed by atoms with Crippen LogP contribution in [0.15, 0.2) is 29.2 Å². The Bertz CT molecular complexity index is 639. The van der Waals surface area contributed by atoms with E-state index in [1.54, 1.807) is 24.3 Å². The zero-order valence-corrected chi connectivity index (χ0v) is 13.1. The smallest absolute Gasteiger partial charge is 0.244 e. The zero-order chi connectivity index (χ0) is 15.3. The minimum absolute atomic E-state index is 0.229. The summed E-state index contributed by atoms with van der Waals surface area (Å²) in [5.74, 6) is 5.73. The lowest BCUT2D eigenvalue weighted by Gasteiger charge is -2.31. The van der Waals surface area contributed by atoms with E-state index in [1.165, 1.54) is 10.7 Å². The third-order valence-electron chi connectivity index (χ3n) is 3.85. The minimum Gasteiger partial charge on any atom is -0.384 e. The van der Waals surface area contributed by atoms with Gasteiger partial charge < -0.3 is 5.11 Å². The molecule has 0 saturated heterocycles. The van der Waals surface area contributed by atoms with E-state index in [9.17, 15) is 8.42 Å². The van der Waals surface area contributed by atoms with Crippen LogP contribution in [0, 0.1) is 17.8 Å². The van der Waals surface area contributed by atoms with Gasteiger partial charge in [-0.1, -0.05) is 37.3 Å². The molecule has 1 fully saturated rings. The summed E-state index contributed by atoms with van der Waals surface area (Å²) in [4.78, 5) is 0.229. The Morgan fingerprint density at radius 2 is 2.05 bits per heavy atom. The topological polar surface area (TPSA) is 57.6 Å². The van der Waals surface area contributed by atoms with Crippen LogP contribution in [0.4, 0.5) is 0 Å². The van der Waals surface area contributed by atoms with Crippen molar-refractivity contribution in [3.05, 3.63) is 29.8 Å². The van der Waals surface area contributed by atoms with Crippen LogP contribution in [0.1, 0.15) is 31.7 Å². The number of hydrogen-bond donors (Lipinski definition) is 1. The van der Waals surface area contributed by atoms with E-state index < -0.39 is 10.0 Å². The maximum atomic E-state index is 12.8. The number of sulfonamides is 1. The maximum absolute atomic E-state index is 12.8. The normalized spacial score (nSPS) is 15.4. The lowest BCUT2D eigenvalue weighted by molar-refractivity contribution is 0.250. The molecule has 114 valence electrons. The van der Waals surface area contributed by atoms with Crippen molar-refractivity contribution in [1.82, 2.24) is 4.31 Å². The van der Waals surface area contributed by atoms with Crippen molar-refractivity contribution in [2.75, 3.05) is 19.7 Å². The summed E-state index contributed by atoms with van der Waals surface area (Å²) in [6.45, 7) is 2.62. The summed E-state index contributed by atoms with van der Waals surface area (Å²) in [7, 11) is -3.53. The zero-order valence-electron chi connectivity index (χ0n) is 12.2. The fourth-order valence-corrected chi connectivity index (χ4v) is 4.10. The summed E-state index contributed by atoms with van der Waals surface area (Å²) in [6.07, 6.45) is 3.41. The molecule has 1 aliphatic carbocycles. The lowest BCUT2D eigenvalue weighted by Crippen LogP contribution is -2.37. The van der Waals surface area contributed by atoms with Crippen molar-refractivity contribution >= 4 is 10.0 Å². The molecule has 0 bridgehead atoms. The van der Waals surface area contributed by atoms with Gasteiger partial charge in [-0.25, -0.2) is 8.42 Å². The largest absolute Gasteiger partial charge is 0.384 e. The van der Waals surface area contributed by atoms with Crippen LogP contribution in [0.5, 0.6) is 0 Å². The molecule has 1 N–H and O–H groups in total. The number of aliphatic hydroxyl groups is 1. The van der Waals surface area contributed by atoms with Gasteiger partial charge in [-0.3, -0.25) is 0 Å². The SMILES string of the molecule is CCN(CC1CCC1)S(=O)(=O)c1ccccc1C#CCO. The number of nitrogens with zero attached hydrogens (tertiary/aromatic N) is 1. The Hall–Kier alpha value is -1.35. The average Bonchev–Trinajstić information content (AvgIpc) is 2.44. The molecule has 4 nitrogen and oxygen atoms in total. The molecule has 21 heavy (non-hydrogen) atoms. The number of hydrogen-bond acceptors (Lipinski definition) is 3. The van der Waals surface area contributed by atoms with Gasteiger partial charge in [0.1, 0.15) is 6.61 Å². The highest BCUT2D eigenvalue weighted by Gasteiger charge is 2.29. The molecule has 0 heterocycles. The summed E-state index contributed by atoms with van der Waals surface area (Å²) < 4.78 is 27.2. The van der Waals surface area contributed by atoms with Crippen LogP contribution in [0.25, 0.3) is 0 Å². The van der Waals surface area contributed by atoms with E-state index in [1.807, 2.05) is 6.92 Å². The van der Waals surface area contributed by atoms with Crippen molar-refractivity contribution in [1.29, 1.82) is 0 Å². The molecule has 5 heteroatoms. The van der Waals surface area contributed by atoms with E-state index in [4.69, 9.17) is 5.11 Å². The molecule has 1 aromatic carbocycles. The Morgan fingerprint density at radius 3 is 2.62 bits per heavy atom. The van der Waals surface area contributed by atoms with Crippen molar-refractivity contribution in [3.8, 4) is 11.8 Å². The predicted octanol–water partition coefficient (Wildman–Crippen LogP) is 1.84. The third-order valence-corrected chi connectivity index (χ3v) is 5.85. The van der Waals surface area contributed by atoms with Crippen LogP contribution >= 0.6 is 0 Å². The lowest BCUT2D eigenvalue weighted by atomic mass is 9.85. The molecule has 0 aliphatic heterocycles. The Kier molecular flexibility index (Phi) is 5.40. The molecule has 2 rings (SSSR count). The number of rotatable bonds is 5. The maximum Gasteiger partial charge on any atom is 0.244 e. The first kappa shape index (κ1) is 16.0. The standard InChI is InChI=1S/C16H21NO3S/c1-2-17(13-14-7-5-8-14)21(19,20)16-11-4-3-9-15(16)10-6-12-18/h3-4,9,11,14,18H,2,5,7-8,12-13H2,1H3. The first-order valence-corrected chi connectivity index (χ1v) is 8.72. The van der Waals surface area contributed by atoms with E-state index in [-0.39, 0.29) is 11.5 Å². The number of benzene rings is 1. The quantitative estimate of drug-likeness (QED) is 0.845. The first-order chi connectivity index (χ1) is 10.1. The average molecular weight is 307 g/mol. The van der Waals surface area contributed by atoms with Gasteiger partial charge in [-0.2, -0.15) is 4.31 Å². The molecule has 0 unspecified atom stereocenters. The molecule has 1 aromatic rings. The fourth-order valence-electron chi connectivity index (χ4n) is 2.43. The Morgan fingerprint density at radius 1 is 1.33 bits per heavy atom. The molecule has 0 spiro atoms. The molecule has 0 atom stereocenters. The van der Waals surface area contributed by atoms with Crippen LogP contribution in [-0.2, 0) is 10.0 Å². The molecule has 0 aromatic heterocycles. The van der Waals surface area contributed by atoms with E-state index in [0.717, 1.165) is 12.8 Å². The molecule has 0 radical (unpaired) electrons. The molecule has 0 amide bonds. The highest BCUT2D eigenvalue weighted by molar-refractivity contribution is 7.89. The Balaban J connectivity index is 2.32. The van der Waals surface area contributed by atoms with Gasteiger partial charge in [0.15, 0.2) is 0 Å². The second-order valence-electron chi connectivity index (χ2n) is 5.21. The first-order valence-electron chi connectivity index (χ1n) is 7.28. The van der Waals surface area contributed by atoms with Crippen molar-refractivity contribution in [3.63, 3.8) is 0 Å². The molecular formula is C16H21NO3S. The van der Waals surface area contributed by atoms with Gasteiger partial charge in [0, 0.05) is 18.7 Å². The summed E-state index contributed by atoms with van der Waals surface area (Å²) in [6, 6.07) is 6.71. The van der Waals surface area contributed by atoms with Crippen molar-refractivity contribution in [2.24, 2.45) is 5.92 Å². The van der Waals surface area contributed by atoms with Gasteiger partial charge in [-0.05, 0) is 30.9 Å². The Labute approximate surface area is 126 Å². The van der Waals surface area contributed by atoms with Gasteiger partial charge >= 0.3 is 0 Å². The van der Waals surface area contributed by atoms with E-state index in [0.29, 0.717) is 24.6 Å². The van der Waals surface area contributed by atoms with Crippen LogP contribution in [0.2, 0.25) is 0 Å². The highest BCUT2D eigenvalue weighted by atomic mass is 32.2. The van der Waals surface area contributed by atoms with Crippen molar-refractivity contribution in [2.45, 2.75) is 31.1 Å². The molecule has 1 aliphatic rings. The minimum atomic E-state index is -3.53. The van der Waals surface area contributed by atoms with Crippen LogP contribution in [-0.4, -0.2) is 37.5 Å². The molecular weight excluding hydrogens is 286 g/mol. The predicted molar refractivity (Wildman–Crippen MR) is 82.2 cm³/mol. The fraction of sp³-hybridized carbons (Fsp3) is 0.500. The van der Waals surface area contributed by atoms with Gasteiger partial charge in [0.2, 0.25) is 10.0 Å². The van der Waals surface area contributed by atoms with Crippen molar-refractivity contribution < 1.29 is 13.5 Å². The third kappa shape index (κ3) is 3.65. The van der Waals surface area contributed by atoms with Crippen LogP contribution in [0.3, 0.4) is 0 Å². The number of aliphatic hydroxyl groups excluding tert-OH is 1. The van der Waals surface area contributed by atoms with Crippen LogP contribution < -0.4 is 0 Å². The second kappa shape index (κ2) is 7.08. The monoisotopic (exact) mass is 307 g/mol. The second-order valence-corrected chi connectivity index (χ2v) is 7.12. The highest BCUT2D eigenvalue weighted by Crippen LogP contribution is 2.29. The van der Waals surface area contributed by atoms with Gasteiger partial charge in [0.25, 0.3) is 0 Å². The summed E-state index contributed by atoms with van der Waals surface area (Å²) in [5, 5.41) is 8.80. The van der Waals surface area contributed by atoms with E-state index in [2.05, 4.69) is 11.8 Å². The van der Waals surface area contributed by atoms with Gasteiger partial charge in [-0.15, -0.1) is 0 Å². The van der Waals surface area contributed by atoms with E-state index >= 15 is 0 Å².